The predicted octanol–water partition coefficient (Wildman–Crippen LogP) is 5.39. The lowest BCUT2D eigenvalue weighted by Gasteiger charge is -2.31. The van der Waals surface area contributed by atoms with Gasteiger partial charge in [0, 0.05) is 30.0 Å². The summed E-state index contributed by atoms with van der Waals surface area (Å²) in [6, 6.07) is 23.2. The van der Waals surface area contributed by atoms with E-state index in [9.17, 15) is 14.0 Å². The minimum atomic E-state index is -0.750. The van der Waals surface area contributed by atoms with E-state index in [2.05, 4.69) is 5.32 Å². The predicted molar refractivity (Wildman–Crippen MR) is 136 cm³/mol. The van der Waals surface area contributed by atoms with E-state index in [-0.39, 0.29) is 29.9 Å². The molecule has 3 aromatic rings. The topological polar surface area (TPSA) is 49.4 Å². The van der Waals surface area contributed by atoms with Crippen molar-refractivity contribution in [1.82, 2.24) is 10.2 Å². The van der Waals surface area contributed by atoms with E-state index in [0.29, 0.717) is 18.5 Å². The summed E-state index contributed by atoms with van der Waals surface area (Å²) in [5, 5.41) is 2.94. The van der Waals surface area contributed by atoms with Crippen molar-refractivity contribution in [2.45, 2.75) is 44.2 Å². The molecule has 3 rings (SSSR count). The van der Waals surface area contributed by atoms with Gasteiger partial charge in [-0.05, 0) is 37.1 Å². The van der Waals surface area contributed by atoms with Crippen LogP contribution in [0.1, 0.15) is 30.0 Å². The van der Waals surface area contributed by atoms with Crippen LogP contribution in [0.4, 0.5) is 4.39 Å². The van der Waals surface area contributed by atoms with Crippen LogP contribution in [0.25, 0.3) is 0 Å². The summed E-state index contributed by atoms with van der Waals surface area (Å²) in [4.78, 5) is 29.2. The average molecular weight is 479 g/mol. The minimum absolute atomic E-state index is 0.0248. The minimum Gasteiger partial charge on any atom is -0.354 e. The van der Waals surface area contributed by atoms with Gasteiger partial charge in [0.15, 0.2) is 0 Å². The van der Waals surface area contributed by atoms with Crippen LogP contribution in [0.5, 0.6) is 0 Å². The molecule has 1 N–H and O–H groups in total. The van der Waals surface area contributed by atoms with Crippen molar-refractivity contribution in [2.75, 3.05) is 12.3 Å². The number of nitrogens with one attached hydrogen (secondary N) is 1. The van der Waals surface area contributed by atoms with Gasteiger partial charge in [0.2, 0.25) is 11.8 Å². The van der Waals surface area contributed by atoms with Gasteiger partial charge in [-0.25, -0.2) is 4.39 Å². The summed E-state index contributed by atoms with van der Waals surface area (Å²) in [7, 11) is 0. The Morgan fingerprint density at radius 2 is 1.65 bits per heavy atom. The lowest BCUT2D eigenvalue weighted by atomic mass is 10.0. The third-order valence-electron chi connectivity index (χ3n) is 5.50. The van der Waals surface area contributed by atoms with Crippen molar-refractivity contribution in [2.24, 2.45) is 0 Å². The van der Waals surface area contributed by atoms with E-state index in [1.54, 1.807) is 18.2 Å². The molecule has 34 heavy (non-hydrogen) atoms. The number of benzene rings is 3. The Morgan fingerprint density at radius 1 is 0.971 bits per heavy atom. The van der Waals surface area contributed by atoms with Crippen molar-refractivity contribution in [3.8, 4) is 0 Å². The molecule has 4 nitrogen and oxygen atoms in total. The van der Waals surface area contributed by atoms with Gasteiger partial charge in [-0.3, -0.25) is 9.59 Å². The summed E-state index contributed by atoms with van der Waals surface area (Å²) < 4.78 is 14.6. The Labute approximate surface area is 205 Å². The average Bonchev–Trinajstić information content (AvgIpc) is 2.85. The number of aryl methyl sites for hydroxylation is 1. The molecule has 2 amide bonds. The molecule has 1 atom stereocenters. The van der Waals surface area contributed by atoms with Crippen molar-refractivity contribution < 1.29 is 14.0 Å². The van der Waals surface area contributed by atoms with Gasteiger partial charge >= 0.3 is 0 Å². The maximum Gasteiger partial charge on any atom is 0.243 e. The Morgan fingerprint density at radius 3 is 2.32 bits per heavy atom. The quantitative estimate of drug-likeness (QED) is 0.376. The second-order valence-corrected chi connectivity index (χ2v) is 9.26. The molecule has 0 unspecified atom stereocenters. The number of hydrogen-bond donors (Lipinski definition) is 1. The fraction of sp³-hybridized carbons (Fsp3) is 0.286. The Hall–Kier alpha value is -3.12. The molecule has 0 aliphatic heterocycles. The first-order chi connectivity index (χ1) is 16.5. The largest absolute Gasteiger partial charge is 0.354 e. The zero-order chi connectivity index (χ0) is 24.3. The third kappa shape index (κ3) is 7.45. The van der Waals surface area contributed by atoms with Crippen molar-refractivity contribution in [3.63, 3.8) is 0 Å². The molecular weight excluding hydrogens is 447 g/mol. The van der Waals surface area contributed by atoms with Crippen LogP contribution in [-0.4, -0.2) is 35.1 Å². The molecule has 0 radical (unpaired) electrons. The zero-order valence-corrected chi connectivity index (χ0v) is 20.5. The van der Waals surface area contributed by atoms with Crippen molar-refractivity contribution in [3.05, 3.63) is 101 Å². The van der Waals surface area contributed by atoms with Crippen LogP contribution in [0.15, 0.2) is 83.8 Å². The second-order valence-electron chi connectivity index (χ2n) is 8.21. The van der Waals surface area contributed by atoms with E-state index >= 15 is 0 Å². The highest BCUT2D eigenvalue weighted by molar-refractivity contribution is 8.00. The Balaban J connectivity index is 1.89. The first kappa shape index (κ1) is 25.5. The first-order valence-electron chi connectivity index (χ1n) is 11.5. The van der Waals surface area contributed by atoms with Crippen LogP contribution in [0.3, 0.4) is 0 Å². The third-order valence-corrected chi connectivity index (χ3v) is 6.50. The number of nitrogens with zero attached hydrogens (tertiary/aromatic N) is 1. The maximum atomic E-state index is 14.6. The summed E-state index contributed by atoms with van der Waals surface area (Å²) in [6.07, 6.45) is 1.14. The monoisotopic (exact) mass is 478 g/mol. The van der Waals surface area contributed by atoms with Crippen LogP contribution in [0, 0.1) is 12.7 Å². The molecule has 0 bridgehead atoms. The molecule has 0 aromatic heterocycles. The van der Waals surface area contributed by atoms with Crippen LogP contribution < -0.4 is 5.32 Å². The smallest absolute Gasteiger partial charge is 0.243 e. The van der Waals surface area contributed by atoms with Gasteiger partial charge in [0.05, 0.1) is 5.75 Å². The molecule has 0 aliphatic carbocycles. The molecule has 0 heterocycles. The molecule has 6 heteroatoms. The zero-order valence-electron chi connectivity index (χ0n) is 19.7. The van der Waals surface area contributed by atoms with E-state index in [4.69, 9.17) is 0 Å². The number of amides is 2. The molecule has 0 fully saturated rings. The summed E-state index contributed by atoms with van der Waals surface area (Å²) in [5.74, 6) is -0.666. The summed E-state index contributed by atoms with van der Waals surface area (Å²) >= 11 is 1.42. The number of thioether (sulfide) groups is 1. The van der Waals surface area contributed by atoms with Crippen LogP contribution in [-0.2, 0) is 22.6 Å². The van der Waals surface area contributed by atoms with E-state index in [1.165, 1.54) is 22.7 Å². The normalized spacial score (nSPS) is 11.6. The van der Waals surface area contributed by atoms with Gasteiger partial charge in [0.1, 0.15) is 11.9 Å². The number of rotatable bonds is 11. The highest BCUT2D eigenvalue weighted by Crippen LogP contribution is 2.22. The fourth-order valence-corrected chi connectivity index (χ4v) is 4.38. The van der Waals surface area contributed by atoms with Crippen molar-refractivity contribution in [1.29, 1.82) is 0 Å². The van der Waals surface area contributed by atoms with Crippen LogP contribution in [0.2, 0.25) is 0 Å². The fourth-order valence-electron chi connectivity index (χ4n) is 3.59. The summed E-state index contributed by atoms with van der Waals surface area (Å²) in [5.41, 5.74) is 2.47. The molecule has 178 valence electrons. The van der Waals surface area contributed by atoms with Gasteiger partial charge in [-0.2, -0.15) is 0 Å². The van der Waals surface area contributed by atoms with E-state index in [0.717, 1.165) is 22.4 Å². The molecule has 0 spiro atoms. The SMILES string of the molecule is CCCNC(=O)[C@@H](Cc1ccccc1)N(Cc1ccccc1F)C(=O)CSc1ccc(C)cc1. The maximum absolute atomic E-state index is 14.6. The number of halogens is 1. The standard InChI is InChI=1S/C28H31FN2O2S/c1-3-17-30-28(33)26(18-22-9-5-4-6-10-22)31(19-23-11-7-8-12-25(23)29)27(32)20-34-24-15-13-21(2)14-16-24/h4-16,26H,3,17-20H2,1-2H3,(H,30,33)/t26-/m1/s1. The van der Waals surface area contributed by atoms with Crippen LogP contribution >= 0.6 is 11.8 Å². The van der Waals surface area contributed by atoms with Gasteiger partial charge in [-0.15, -0.1) is 11.8 Å². The Bertz CT molecular complexity index is 1070. The number of carbonyl (C=O) groups excluding carboxylic acids is 2. The molecule has 0 aliphatic rings. The first-order valence-corrected chi connectivity index (χ1v) is 12.5. The highest BCUT2D eigenvalue weighted by atomic mass is 32.2. The molecule has 3 aromatic carbocycles. The van der Waals surface area contributed by atoms with E-state index < -0.39 is 6.04 Å². The second kappa shape index (κ2) is 12.9. The van der Waals surface area contributed by atoms with Gasteiger partial charge in [-0.1, -0.05) is 73.2 Å². The lowest BCUT2D eigenvalue weighted by molar-refractivity contribution is -0.139. The molecular formula is C28H31FN2O2S. The molecule has 0 saturated carbocycles. The van der Waals surface area contributed by atoms with Gasteiger partial charge in [0.25, 0.3) is 0 Å². The Kier molecular flexibility index (Phi) is 9.71. The van der Waals surface area contributed by atoms with E-state index in [1.807, 2.05) is 68.4 Å². The number of hydrogen-bond acceptors (Lipinski definition) is 3. The lowest BCUT2D eigenvalue weighted by Crippen LogP contribution is -2.51. The van der Waals surface area contributed by atoms with Gasteiger partial charge < -0.3 is 10.2 Å². The summed E-state index contributed by atoms with van der Waals surface area (Å²) in [6.45, 7) is 4.53. The number of carbonyl (C=O) groups is 2. The van der Waals surface area contributed by atoms with Crippen molar-refractivity contribution >= 4 is 23.6 Å². The molecule has 0 saturated heterocycles. The highest BCUT2D eigenvalue weighted by Gasteiger charge is 2.30.